The molecule has 5 nitrogen and oxygen atoms in total. The number of carbonyl (C=O) groups is 2. The summed E-state index contributed by atoms with van der Waals surface area (Å²) >= 11 is 0. The Morgan fingerprint density at radius 1 is 1.03 bits per heavy atom. The first-order valence-corrected chi connectivity index (χ1v) is 11.7. The van der Waals surface area contributed by atoms with Crippen LogP contribution in [0.1, 0.15) is 63.1 Å². The highest BCUT2D eigenvalue weighted by molar-refractivity contribution is 6.46. The van der Waals surface area contributed by atoms with Crippen molar-refractivity contribution in [2.24, 2.45) is 5.92 Å². The number of Topliss-reactive ketones (excluding diaryl/α,β-unsaturated/α-hetero) is 1. The molecule has 1 saturated heterocycles. The van der Waals surface area contributed by atoms with Crippen LogP contribution in [0.2, 0.25) is 0 Å². The van der Waals surface area contributed by atoms with Crippen molar-refractivity contribution in [2.45, 2.75) is 58.0 Å². The van der Waals surface area contributed by atoms with E-state index in [0.717, 1.165) is 32.1 Å². The van der Waals surface area contributed by atoms with E-state index in [-0.39, 0.29) is 17.4 Å². The molecule has 2 aliphatic rings. The molecule has 1 N–H and O–H groups in total. The van der Waals surface area contributed by atoms with Gasteiger partial charge in [0.05, 0.1) is 18.2 Å². The second-order valence-corrected chi connectivity index (χ2v) is 9.28. The smallest absolute Gasteiger partial charge is 0.295 e. The van der Waals surface area contributed by atoms with Crippen molar-refractivity contribution in [2.75, 3.05) is 6.61 Å². The van der Waals surface area contributed by atoms with Crippen molar-refractivity contribution < 1.29 is 23.8 Å². The highest BCUT2D eigenvalue weighted by Crippen LogP contribution is 2.43. The Hall–Kier alpha value is -3.15. The van der Waals surface area contributed by atoms with Crippen LogP contribution in [0, 0.1) is 11.7 Å². The minimum atomic E-state index is -0.745. The molecule has 2 aromatic rings. The van der Waals surface area contributed by atoms with E-state index >= 15 is 0 Å². The van der Waals surface area contributed by atoms with Crippen molar-refractivity contribution >= 4 is 17.4 Å². The maximum Gasteiger partial charge on any atom is 0.295 e. The summed E-state index contributed by atoms with van der Waals surface area (Å²) in [6.07, 6.45) is 4.70. The van der Waals surface area contributed by atoms with Gasteiger partial charge in [-0.3, -0.25) is 9.59 Å². The number of aliphatic hydroxyl groups is 1. The van der Waals surface area contributed by atoms with Gasteiger partial charge in [-0.25, -0.2) is 4.39 Å². The first kappa shape index (κ1) is 23.0. The molecule has 1 aliphatic heterocycles. The number of nitrogens with zero attached hydrogens (tertiary/aromatic N) is 1. The zero-order valence-electron chi connectivity index (χ0n) is 19.1. The van der Waals surface area contributed by atoms with Crippen LogP contribution >= 0.6 is 0 Å². The lowest BCUT2D eigenvalue weighted by Crippen LogP contribution is -2.40. The van der Waals surface area contributed by atoms with Crippen LogP contribution in [0.15, 0.2) is 54.1 Å². The van der Waals surface area contributed by atoms with E-state index in [0.29, 0.717) is 29.4 Å². The van der Waals surface area contributed by atoms with Gasteiger partial charge in [0.1, 0.15) is 17.3 Å². The molecule has 33 heavy (non-hydrogen) atoms. The van der Waals surface area contributed by atoms with Gasteiger partial charge < -0.3 is 14.7 Å². The summed E-state index contributed by atoms with van der Waals surface area (Å²) in [4.78, 5) is 27.9. The summed E-state index contributed by atoms with van der Waals surface area (Å²) in [5, 5.41) is 11.2. The predicted octanol–water partition coefficient (Wildman–Crippen LogP) is 5.61. The minimum absolute atomic E-state index is 0.0491. The van der Waals surface area contributed by atoms with Gasteiger partial charge in [-0.15, -0.1) is 0 Å². The molecular weight excluding hydrogens is 421 g/mol. The normalized spacial score (nSPS) is 21.1. The fourth-order valence-electron chi connectivity index (χ4n) is 4.69. The SMILES string of the molecule is CC(C)COc1ccc(/C(O)=C2/C(=O)C(=O)N(C3CCCCC3)C2c2ccc(F)cc2)cc1. The third-order valence-electron chi connectivity index (χ3n) is 6.35. The van der Waals surface area contributed by atoms with Gasteiger partial charge in [0.15, 0.2) is 0 Å². The van der Waals surface area contributed by atoms with Gasteiger partial charge in [0, 0.05) is 11.6 Å². The summed E-state index contributed by atoms with van der Waals surface area (Å²) in [6, 6.07) is 11.8. The Morgan fingerprint density at radius 3 is 2.27 bits per heavy atom. The average Bonchev–Trinajstić information content (AvgIpc) is 3.09. The van der Waals surface area contributed by atoms with E-state index in [1.165, 1.54) is 12.1 Å². The number of carbonyl (C=O) groups excluding carboxylic acids is 2. The Labute approximate surface area is 193 Å². The van der Waals surface area contributed by atoms with Crippen LogP contribution in [0.3, 0.4) is 0 Å². The van der Waals surface area contributed by atoms with Crippen LogP contribution in [0.25, 0.3) is 5.76 Å². The molecule has 4 rings (SSSR count). The zero-order valence-corrected chi connectivity index (χ0v) is 19.1. The summed E-state index contributed by atoms with van der Waals surface area (Å²) < 4.78 is 19.3. The molecule has 0 spiro atoms. The van der Waals surface area contributed by atoms with Crippen molar-refractivity contribution in [3.05, 3.63) is 71.0 Å². The fraction of sp³-hybridized carbons (Fsp3) is 0.407. The number of benzene rings is 2. The van der Waals surface area contributed by atoms with Gasteiger partial charge in [-0.05, 0) is 60.7 Å². The van der Waals surface area contributed by atoms with Crippen molar-refractivity contribution in [1.82, 2.24) is 4.90 Å². The first-order chi connectivity index (χ1) is 15.9. The van der Waals surface area contributed by atoms with Crippen LogP contribution in [0.5, 0.6) is 5.75 Å². The lowest BCUT2D eigenvalue weighted by atomic mass is 9.91. The molecule has 174 valence electrons. The molecule has 1 heterocycles. The lowest BCUT2D eigenvalue weighted by molar-refractivity contribution is -0.141. The highest BCUT2D eigenvalue weighted by atomic mass is 19.1. The van der Waals surface area contributed by atoms with Crippen LogP contribution < -0.4 is 4.74 Å². The van der Waals surface area contributed by atoms with E-state index < -0.39 is 23.5 Å². The number of halogens is 1. The molecule has 2 aromatic carbocycles. The molecule has 1 atom stereocenters. The Morgan fingerprint density at radius 2 is 1.67 bits per heavy atom. The third-order valence-corrected chi connectivity index (χ3v) is 6.35. The Bertz CT molecular complexity index is 1040. The standard InChI is InChI=1S/C27H30FNO4/c1-17(2)16-33-22-14-10-19(11-15-22)25(30)23-24(18-8-12-20(28)13-9-18)29(27(32)26(23)31)21-6-4-3-5-7-21/h8-15,17,21,24,30H,3-7,16H2,1-2H3/b25-23-. The molecule has 0 radical (unpaired) electrons. The number of hydrogen-bond acceptors (Lipinski definition) is 4. The van der Waals surface area contributed by atoms with Gasteiger partial charge in [0.25, 0.3) is 11.7 Å². The number of ether oxygens (including phenoxy) is 1. The monoisotopic (exact) mass is 451 g/mol. The second-order valence-electron chi connectivity index (χ2n) is 9.28. The molecule has 1 amide bonds. The minimum Gasteiger partial charge on any atom is -0.507 e. The second kappa shape index (κ2) is 9.77. The van der Waals surface area contributed by atoms with Crippen LogP contribution in [-0.4, -0.2) is 34.3 Å². The van der Waals surface area contributed by atoms with Crippen LogP contribution in [-0.2, 0) is 9.59 Å². The largest absolute Gasteiger partial charge is 0.507 e. The average molecular weight is 452 g/mol. The maximum atomic E-state index is 13.6. The highest BCUT2D eigenvalue weighted by Gasteiger charge is 2.48. The molecule has 0 aromatic heterocycles. The number of ketones is 1. The summed E-state index contributed by atoms with van der Waals surface area (Å²) in [5.41, 5.74) is 1.09. The van der Waals surface area contributed by atoms with E-state index in [1.807, 2.05) is 0 Å². The van der Waals surface area contributed by atoms with Crippen molar-refractivity contribution in [3.63, 3.8) is 0 Å². The number of amides is 1. The van der Waals surface area contributed by atoms with Gasteiger partial charge in [0.2, 0.25) is 0 Å². The Kier molecular flexibility index (Phi) is 6.82. The topological polar surface area (TPSA) is 66.8 Å². The zero-order chi connectivity index (χ0) is 23.5. The third kappa shape index (κ3) is 4.80. The summed E-state index contributed by atoms with van der Waals surface area (Å²) in [7, 11) is 0. The van der Waals surface area contributed by atoms with E-state index in [2.05, 4.69) is 13.8 Å². The van der Waals surface area contributed by atoms with E-state index in [1.54, 1.807) is 41.3 Å². The molecule has 2 fully saturated rings. The Balaban J connectivity index is 1.75. The molecule has 1 aliphatic carbocycles. The summed E-state index contributed by atoms with van der Waals surface area (Å²) in [5.74, 6) is -0.883. The molecular formula is C27H30FNO4. The van der Waals surface area contributed by atoms with E-state index in [4.69, 9.17) is 4.74 Å². The molecule has 6 heteroatoms. The predicted molar refractivity (Wildman–Crippen MR) is 124 cm³/mol. The first-order valence-electron chi connectivity index (χ1n) is 11.7. The van der Waals surface area contributed by atoms with Crippen LogP contribution in [0.4, 0.5) is 4.39 Å². The molecule has 1 unspecified atom stereocenters. The maximum absolute atomic E-state index is 13.6. The van der Waals surface area contributed by atoms with Gasteiger partial charge in [-0.2, -0.15) is 0 Å². The number of rotatable bonds is 6. The van der Waals surface area contributed by atoms with Gasteiger partial charge >= 0.3 is 0 Å². The van der Waals surface area contributed by atoms with E-state index in [9.17, 15) is 19.1 Å². The number of aliphatic hydroxyl groups excluding tert-OH is 1. The number of hydrogen-bond donors (Lipinski definition) is 1. The lowest BCUT2D eigenvalue weighted by Gasteiger charge is -2.35. The number of likely N-dealkylation sites (tertiary alicyclic amines) is 1. The fourth-order valence-corrected chi connectivity index (χ4v) is 4.69. The van der Waals surface area contributed by atoms with Crippen molar-refractivity contribution in [3.8, 4) is 5.75 Å². The molecule has 0 bridgehead atoms. The van der Waals surface area contributed by atoms with Crippen molar-refractivity contribution in [1.29, 1.82) is 0 Å². The molecule has 1 saturated carbocycles. The quantitative estimate of drug-likeness (QED) is 0.352. The van der Waals surface area contributed by atoms with Gasteiger partial charge in [-0.1, -0.05) is 45.2 Å². The summed E-state index contributed by atoms with van der Waals surface area (Å²) in [6.45, 7) is 4.68.